The van der Waals surface area contributed by atoms with Crippen molar-refractivity contribution in [2.75, 3.05) is 6.61 Å². The van der Waals surface area contributed by atoms with Crippen LogP contribution in [0.5, 0.6) is 0 Å². The van der Waals surface area contributed by atoms with Crippen molar-refractivity contribution in [2.24, 2.45) is 16.2 Å². The van der Waals surface area contributed by atoms with Crippen LogP contribution < -0.4 is 0 Å². The van der Waals surface area contributed by atoms with E-state index in [0.717, 1.165) is 0 Å². The third-order valence-corrected chi connectivity index (χ3v) is 5.31. The number of halogens is 6. The Hall–Kier alpha value is 0.114. The van der Waals surface area contributed by atoms with Gasteiger partial charge in [-0.3, -0.25) is 4.79 Å². The van der Waals surface area contributed by atoms with Gasteiger partial charge in [-0.15, -0.1) is 0 Å². The average Bonchev–Trinajstić information content (AvgIpc) is 2.40. The number of rotatable bonds is 7. The zero-order valence-electron chi connectivity index (χ0n) is 17.4. The van der Waals surface area contributed by atoms with Crippen molar-refractivity contribution in [1.29, 1.82) is 0 Å². The minimum Gasteiger partial charge on any atom is -0.465 e. The van der Waals surface area contributed by atoms with Crippen LogP contribution >= 0.6 is 0 Å². The number of hydrogen-bond acceptors (Lipinski definition) is 3. The van der Waals surface area contributed by atoms with E-state index in [0.29, 0.717) is 0 Å². The number of esters is 1. The number of hydrogen-bond donors (Lipinski definition) is 1. The van der Waals surface area contributed by atoms with Gasteiger partial charge in [0.25, 0.3) is 5.60 Å². The summed E-state index contributed by atoms with van der Waals surface area (Å²) in [6.45, 7) is 12.0. The first-order chi connectivity index (χ1) is 11.6. The number of aliphatic hydroxyl groups is 1. The van der Waals surface area contributed by atoms with E-state index >= 15 is 0 Å². The third-order valence-electron chi connectivity index (χ3n) is 5.31. The van der Waals surface area contributed by atoms with Crippen molar-refractivity contribution in [3.63, 3.8) is 0 Å². The van der Waals surface area contributed by atoms with E-state index in [1.165, 1.54) is 0 Å². The van der Waals surface area contributed by atoms with Crippen LogP contribution in [0.1, 0.15) is 67.7 Å². The molecule has 0 rings (SSSR count). The predicted molar refractivity (Wildman–Crippen MR) is 88.9 cm³/mol. The summed E-state index contributed by atoms with van der Waals surface area (Å²) in [7, 11) is 0. The minimum atomic E-state index is -5.82. The van der Waals surface area contributed by atoms with Gasteiger partial charge in [0.05, 0.1) is 12.0 Å². The van der Waals surface area contributed by atoms with Crippen molar-refractivity contribution in [2.45, 2.75) is 85.7 Å². The van der Waals surface area contributed by atoms with Gasteiger partial charge in [0, 0.05) is 32.7 Å². The van der Waals surface area contributed by atoms with Crippen molar-refractivity contribution in [1.82, 2.24) is 0 Å². The van der Waals surface area contributed by atoms with Crippen LogP contribution in [0.25, 0.3) is 0 Å². The summed E-state index contributed by atoms with van der Waals surface area (Å²) in [6, 6.07) is 0. The Morgan fingerprint density at radius 2 is 1.21 bits per heavy atom. The molecule has 0 fully saturated rings. The smallest absolute Gasteiger partial charge is 0.426 e. The Labute approximate surface area is 187 Å². The molecule has 0 spiro atoms. The quantitative estimate of drug-likeness (QED) is 0.365. The van der Waals surface area contributed by atoms with Crippen LogP contribution in [-0.4, -0.2) is 35.6 Å². The fourth-order valence-electron chi connectivity index (χ4n) is 2.09. The van der Waals surface area contributed by atoms with Crippen LogP contribution in [-0.2, 0) is 42.2 Å². The van der Waals surface area contributed by atoms with Gasteiger partial charge in [0.1, 0.15) is 0 Å². The van der Waals surface area contributed by atoms with Crippen LogP contribution in [0.2, 0.25) is 0 Å². The van der Waals surface area contributed by atoms with Crippen LogP contribution in [0.4, 0.5) is 26.3 Å². The van der Waals surface area contributed by atoms with Crippen LogP contribution in [0.15, 0.2) is 0 Å². The summed E-state index contributed by atoms with van der Waals surface area (Å²) in [4.78, 5) is 12.3. The first kappa shape index (κ1) is 30.3. The monoisotopic (exact) mass is 497 g/mol. The van der Waals surface area contributed by atoms with Crippen LogP contribution in [0, 0.1) is 16.2 Å². The molecule has 1 radical (unpaired) electrons. The van der Waals surface area contributed by atoms with Crippen molar-refractivity contribution >= 4 is 5.97 Å². The summed E-state index contributed by atoms with van der Waals surface area (Å²) in [5.41, 5.74) is -6.82. The number of carbonyl (C=O) groups excluding carboxylic acids is 1. The Morgan fingerprint density at radius 1 is 0.821 bits per heavy atom. The molecule has 10 heteroatoms. The van der Waals surface area contributed by atoms with E-state index in [2.05, 4.69) is 0 Å². The Balaban J connectivity index is 0. The molecule has 0 aliphatic heterocycles. The number of alkyl halides is 6. The summed E-state index contributed by atoms with van der Waals surface area (Å²) in [5, 5.41) is 9.16. The molecule has 0 aliphatic carbocycles. The molecule has 0 unspecified atom stereocenters. The molecule has 0 bridgehead atoms. The summed E-state index contributed by atoms with van der Waals surface area (Å²) in [6.07, 6.45) is -13.8. The largest absolute Gasteiger partial charge is 0.465 e. The topological polar surface area (TPSA) is 46.5 Å². The van der Waals surface area contributed by atoms with E-state index in [4.69, 9.17) is 9.84 Å². The SMILES string of the molecule is CC(C)(CCCC(O)(C(F)(F)F)C(F)(F)F)COC(=O)C(C)(C)C(C)(C)C.[Y]. The zero-order chi connectivity index (χ0) is 22.1. The molecule has 1 N–H and O–H groups in total. The van der Waals surface area contributed by atoms with E-state index in [-0.39, 0.29) is 45.7 Å². The maximum Gasteiger partial charge on any atom is 0.426 e. The van der Waals surface area contributed by atoms with Gasteiger partial charge in [0.2, 0.25) is 0 Å². The molecule has 0 aromatic rings. The third kappa shape index (κ3) is 7.42. The zero-order valence-corrected chi connectivity index (χ0v) is 20.3. The molecule has 0 heterocycles. The average molecular weight is 497 g/mol. The molecule has 165 valence electrons. The first-order valence-electron chi connectivity index (χ1n) is 8.62. The molecule has 0 atom stereocenters. The maximum absolute atomic E-state index is 12.7. The second-order valence-electron chi connectivity index (χ2n) is 9.32. The fourth-order valence-corrected chi connectivity index (χ4v) is 2.09. The van der Waals surface area contributed by atoms with Gasteiger partial charge in [-0.1, -0.05) is 34.6 Å². The molecule has 0 aliphatic rings. The minimum absolute atomic E-state index is 0. The Bertz CT molecular complexity index is 505. The Morgan fingerprint density at radius 3 is 1.54 bits per heavy atom. The Kier molecular flexibility index (Phi) is 10.3. The molecular weight excluding hydrogens is 467 g/mol. The molecule has 3 nitrogen and oxygen atoms in total. The van der Waals surface area contributed by atoms with E-state index in [1.807, 2.05) is 20.8 Å². The molecule has 0 aromatic carbocycles. The van der Waals surface area contributed by atoms with Gasteiger partial charge in [-0.05, 0) is 43.9 Å². The van der Waals surface area contributed by atoms with Gasteiger partial charge in [0.15, 0.2) is 0 Å². The van der Waals surface area contributed by atoms with Crippen molar-refractivity contribution in [3.8, 4) is 0 Å². The van der Waals surface area contributed by atoms with Gasteiger partial charge in [-0.25, -0.2) is 0 Å². The predicted octanol–water partition coefficient (Wildman–Crippen LogP) is 5.65. The van der Waals surface area contributed by atoms with Gasteiger partial charge >= 0.3 is 18.3 Å². The molecular formula is C18H30F6O3Y. The van der Waals surface area contributed by atoms with Gasteiger partial charge < -0.3 is 9.84 Å². The van der Waals surface area contributed by atoms with E-state index in [9.17, 15) is 31.1 Å². The summed E-state index contributed by atoms with van der Waals surface area (Å²) < 4.78 is 81.3. The molecule has 0 saturated carbocycles. The summed E-state index contributed by atoms with van der Waals surface area (Å²) in [5.74, 6) is -0.495. The second kappa shape index (κ2) is 9.50. The first-order valence-corrected chi connectivity index (χ1v) is 8.62. The normalized spacial score (nSPS) is 14.5. The molecule has 0 amide bonds. The number of carbonyl (C=O) groups is 1. The molecule has 0 saturated heterocycles. The van der Waals surface area contributed by atoms with Crippen LogP contribution in [0.3, 0.4) is 0 Å². The number of ether oxygens (including phenoxy) is 1. The van der Waals surface area contributed by atoms with Crippen molar-refractivity contribution in [3.05, 3.63) is 0 Å². The fraction of sp³-hybridized carbons (Fsp3) is 0.944. The molecule has 28 heavy (non-hydrogen) atoms. The molecule has 0 aromatic heterocycles. The second-order valence-corrected chi connectivity index (χ2v) is 9.32. The van der Waals surface area contributed by atoms with E-state index < -0.39 is 53.0 Å². The van der Waals surface area contributed by atoms with E-state index in [1.54, 1.807) is 27.7 Å². The van der Waals surface area contributed by atoms with Crippen molar-refractivity contribution < 1.29 is 73.7 Å². The summed E-state index contributed by atoms with van der Waals surface area (Å²) >= 11 is 0. The maximum atomic E-state index is 12.7. The standard InChI is InChI=1S/C18H30F6O3.Y/c1-13(2,3)15(6,7)12(25)27-11-14(4,5)9-8-10-16(26,17(19,20)21)18(22,23)24;/h26H,8-11H2,1-7H3;. The van der Waals surface area contributed by atoms with Gasteiger partial charge in [-0.2, -0.15) is 26.3 Å².